The molecule has 5 nitrogen and oxygen atoms in total. The molecule has 0 radical (unpaired) electrons. The Labute approximate surface area is 119 Å². The molecular formula is C14H18BNO4. The first-order valence-corrected chi connectivity index (χ1v) is 6.75. The fraction of sp³-hybridized carbons (Fsp3) is 0.429. The van der Waals surface area contributed by atoms with E-state index in [0.29, 0.717) is 5.46 Å². The summed E-state index contributed by atoms with van der Waals surface area (Å²) in [5.41, 5.74) is 1.88. The molecule has 0 N–H and O–H groups in total. The maximum absolute atomic E-state index is 11.7. The van der Waals surface area contributed by atoms with Crippen LogP contribution in [0.2, 0.25) is 0 Å². The van der Waals surface area contributed by atoms with Gasteiger partial charge in [-0.15, -0.1) is 0 Å². The fourth-order valence-electron chi connectivity index (χ4n) is 2.10. The number of likely N-dealkylation sites (N-methyl/N-ethyl adjacent to an activating group) is 1. The van der Waals surface area contributed by atoms with Gasteiger partial charge < -0.3 is 9.31 Å². The van der Waals surface area contributed by atoms with Gasteiger partial charge >= 0.3 is 19.1 Å². The Balaban J connectivity index is 2.12. The summed E-state index contributed by atoms with van der Waals surface area (Å²) in [5, 5.41) is 0. The van der Waals surface area contributed by atoms with Gasteiger partial charge in [0.25, 0.3) is 0 Å². The highest BCUT2D eigenvalue weighted by molar-refractivity contribution is 6.64. The monoisotopic (exact) mass is 275 g/mol. The lowest BCUT2D eigenvalue weighted by Crippen LogP contribution is -2.47. The van der Waals surface area contributed by atoms with E-state index in [4.69, 9.17) is 9.31 Å². The number of carbonyl (C=O) groups is 2. The zero-order chi connectivity index (χ0) is 14.5. The second-order valence-corrected chi connectivity index (χ2v) is 4.98. The second kappa shape index (κ2) is 6.57. The third-order valence-electron chi connectivity index (χ3n) is 3.07. The molecule has 0 aliphatic carbocycles. The molecule has 0 amide bonds. The van der Waals surface area contributed by atoms with Crippen molar-refractivity contribution in [3.05, 3.63) is 29.8 Å². The number of benzene rings is 1. The van der Waals surface area contributed by atoms with Gasteiger partial charge in [0, 0.05) is 5.46 Å². The molecule has 1 saturated heterocycles. The quantitative estimate of drug-likeness (QED) is 0.746. The van der Waals surface area contributed by atoms with Gasteiger partial charge in [0.05, 0.1) is 13.1 Å². The average molecular weight is 275 g/mol. The summed E-state index contributed by atoms with van der Waals surface area (Å²) in [4.78, 5) is 24.9. The zero-order valence-corrected chi connectivity index (χ0v) is 11.8. The zero-order valence-electron chi connectivity index (χ0n) is 11.8. The molecule has 1 aromatic carbocycles. The largest absolute Gasteiger partial charge is 0.636 e. The highest BCUT2D eigenvalue weighted by atomic mass is 16.6. The van der Waals surface area contributed by atoms with Crippen molar-refractivity contribution >= 4 is 24.5 Å². The lowest BCUT2D eigenvalue weighted by molar-refractivity contribution is -0.145. The number of hydrogen-bond donors (Lipinski definition) is 0. The van der Waals surface area contributed by atoms with Crippen LogP contribution in [0.3, 0.4) is 0 Å². The molecule has 0 aromatic heterocycles. The Morgan fingerprint density at radius 3 is 2.15 bits per heavy atom. The third-order valence-corrected chi connectivity index (χ3v) is 3.07. The molecule has 1 aliphatic rings. The summed E-state index contributed by atoms with van der Waals surface area (Å²) in [7, 11) is 0.724. The van der Waals surface area contributed by atoms with Crippen LogP contribution in [0.25, 0.3) is 0 Å². The molecule has 0 atom stereocenters. The molecule has 0 unspecified atom stereocenters. The predicted molar refractivity (Wildman–Crippen MR) is 75.5 cm³/mol. The van der Waals surface area contributed by atoms with Crippen LogP contribution in [-0.2, 0) is 25.3 Å². The number of nitrogens with zero attached hydrogens (tertiary/aromatic N) is 1. The summed E-state index contributed by atoms with van der Waals surface area (Å²) >= 11 is 0. The van der Waals surface area contributed by atoms with E-state index in [2.05, 4.69) is 6.92 Å². The molecule has 2 rings (SSSR count). The molecular weight excluding hydrogens is 257 g/mol. The Hall–Kier alpha value is -1.82. The first-order chi connectivity index (χ1) is 9.58. The van der Waals surface area contributed by atoms with E-state index >= 15 is 0 Å². The van der Waals surface area contributed by atoms with Gasteiger partial charge in [-0.2, -0.15) is 0 Å². The highest BCUT2D eigenvalue weighted by Crippen LogP contribution is 2.05. The highest BCUT2D eigenvalue weighted by Gasteiger charge is 2.33. The fourth-order valence-corrected chi connectivity index (χ4v) is 2.10. The maximum Gasteiger partial charge on any atom is 0.636 e. The van der Waals surface area contributed by atoms with Crippen molar-refractivity contribution in [2.45, 2.75) is 19.8 Å². The van der Waals surface area contributed by atoms with Crippen LogP contribution in [0.4, 0.5) is 0 Å². The number of hydrogen-bond acceptors (Lipinski definition) is 5. The lowest BCUT2D eigenvalue weighted by Gasteiger charge is -2.22. The summed E-state index contributed by atoms with van der Waals surface area (Å²) in [6.07, 6.45) is 2.06. The van der Waals surface area contributed by atoms with Crippen LogP contribution < -0.4 is 5.46 Å². The Morgan fingerprint density at radius 2 is 1.65 bits per heavy atom. The molecule has 0 spiro atoms. The van der Waals surface area contributed by atoms with E-state index in [-0.39, 0.29) is 13.1 Å². The Morgan fingerprint density at radius 1 is 1.10 bits per heavy atom. The van der Waals surface area contributed by atoms with Crippen molar-refractivity contribution in [1.82, 2.24) is 4.90 Å². The first kappa shape index (κ1) is 14.6. The minimum absolute atomic E-state index is 0.0829. The second-order valence-electron chi connectivity index (χ2n) is 4.98. The van der Waals surface area contributed by atoms with E-state index in [9.17, 15) is 9.59 Å². The molecule has 1 aromatic rings. The van der Waals surface area contributed by atoms with E-state index in [1.165, 1.54) is 5.56 Å². The minimum atomic E-state index is -0.945. The van der Waals surface area contributed by atoms with Gasteiger partial charge in [-0.3, -0.25) is 14.5 Å². The minimum Gasteiger partial charge on any atom is -0.494 e. The van der Waals surface area contributed by atoms with E-state index < -0.39 is 19.1 Å². The van der Waals surface area contributed by atoms with Gasteiger partial charge in [0.15, 0.2) is 0 Å². The van der Waals surface area contributed by atoms with Gasteiger partial charge in [-0.1, -0.05) is 37.6 Å². The van der Waals surface area contributed by atoms with Crippen molar-refractivity contribution in [3.63, 3.8) is 0 Å². The molecule has 0 saturated carbocycles. The van der Waals surface area contributed by atoms with Crippen LogP contribution in [0.5, 0.6) is 0 Å². The molecule has 1 fully saturated rings. The smallest absolute Gasteiger partial charge is 0.494 e. The molecule has 1 heterocycles. The molecule has 20 heavy (non-hydrogen) atoms. The Bertz CT molecular complexity index is 468. The summed E-state index contributed by atoms with van der Waals surface area (Å²) in [5.74, 6) is -0.801. The standard InChI is InChI=1S/C14H18BNO4/c1-3-4-11-5-7-12(8-6-11)15-19-13(17)9-16(2)10-14(18)20-15/h5-8H,3-4,9-10H2,1-2H3. The molecule has 106 valence electrons. The molecule has 6 heteroatoms. The van der Waals surface area contributed by atoms with E-state index in [0.717, 1.165) is 12.8 Å². The topological polar surface area (TPSA) is 55.8 Å². The predicted octanol–water partition coefficient (Wildman–Crippen LogP) is 0.366. The average Bonchev–Trinajstić information content (AvgIpc) is 2.37. The maximum atomic E-state index is 11.7. The number of aryl methyl sites for hydroxylation is 1. The van der Waals surface area contributed by atoms with Gasteiger partial charge in [-0.05, 0) is 19.0 Å². The number of carbonyl (C=O) groups excluding carboxylic acids is 2. The molecule has 1 aliphatic heterocycles. The summed E-state index contributed by atoms with van der Waals surface area (Å²) in [6.45, 7) is 2.28. The summed E-state index contributed by atoms with van der Waals surface area (Å²) < 4.78 is 10.4. The van der Waals surface area contributed by atoms with Gasteiger partial charge in [0.2, 0.25) is 0 Å². The van der Waals surface area contributed by atoms with Crippen molar-refractivity contribution in [3.8, 4) is 0 Å². The van der Waals surface area contributed by atoms with Gasteiger partial charge in [-0.25, -0.2) is 0 Å². The van der Waals surface area contributed by atoms with E-state index in [1.807, 2.05) is 24.3 Å². The van der Waals surface area contributed by atoms with E-state index in [1.54, 1.807) is 11.9 Å². The third kappa shape index (κ3) is 3.84. The molecule has 0 bridgehead atoms. The van der Waals surface area contributed by atoms with Crippen LogP contribution in [0.15, 0.2) is 24.3 Å². The van der Waals surface area contributed by atoms with Crippen LogP contribution >= 0.6 is 0 Å². The van der Waals surface area contributed by atoms with Crippen molar-refractivity contribution in [1.29, 1.82) is 0 Å². The lowest BCUT2D eigenvalue weighted by atomic mass is 9.78. The number of rotatable bonds is 3. The van der Waals surface area contributed by atoms with Crippen molar-refractivity contribution < 1.29 is 18.9 Å². The van der Waals surface area contributed by atoms with Crippen LogP contribution in [-0.4, -0.2) is 44.1 Å². The SMILES string of the molecule is CCCc1ccc(B2OC(=O)CN(C)CC(=O)O2)cc1. The van der Waals surface area contributed by atoms with Crippen molar-refractivity contribution in [2.75, 3.05) is 20.1 Å². The van der Waals surface area contributed by atoms with Crippen LogP contribution in [0, 0.1) is 0 Å². The normalized spacial score (nSPS) is 17.2. The van der Waals surface area contributed by atoms with Gasteiger partial charge in [0.1, 0.15) is 0 Å². The summed E-state index contributed by atoms with van der Waals surface area (Å²) in [6, 6.07) is 7.60. The Kier molecular flexibility index (Phi) is 4.79. The first-order valence-electron chi connectivity index (χ1n) is 6.75. The van der Waals surface area contributed by atoms with Crippen molar-refractivity contribution in [2.24, 2.45) is 0 Å². The van der Waals surface area contributed by atoms with Crippen LogP contribution in [0.1, 0.15) is 18.9 Å².